The van der Waals surface area contributed by atoms with Crippen LogP contribution in [0.2, 0.25) is 0 Å². The van der Waals surface area contributed by atoms with Gasteiger partial charge in [0, 0.05) is 46.1 Å². The largest absolute Gasteiger partial charge is 0.382 e. The molecule has 6 heteroatoms. The molecule has 2 fully saturated rings. The second-order valence-corrected chi connectivity index (χ2v) is 6.78. The number of nitrogens with zero attached hydrogens (tertiary/aromatic N) is 1. The van der Waals surface area contributed by atoms with Gasteiger partial charge in [-0.2, -0.15) is 0 Å². The normalized spacial score (nSPS) is 22.6. The summed E-state index contributed by atoms with van der Waals surface area (Å²) in [7, 11) is 0. The molecule has 24 heavy (non-hydrogen) atoms. The molecule has 1 saturated carbocycles. The monoisotopic (exact) mass is 341 g/mol. The van der Waals surface area contributed by atoms with E-state index in [2.05, 4.69) is 17.6 Å². The smallest absolute Gasteiger partial charge is 0.191 e. The molecule has 2 rings (SSSR count). The Morgan fingerprint density at radius 2 is 2.12 bits per heavy atom. The van der Waals surface area contributed by atoms with Crippen LogP contribution in [0.4, 0.5) is 0 Å². The maximum atomic E-state index is 5.78. The van der Waals surface area contributed by atoms with E-state index in [0.717, 1.165) is 77.9 Å². The van der Waals surface area contributed by atoms with E-state index in [1.54, 1.807) is 0 Å². The third-order valence-corrected chi connectivity index (χ3v) is 4.71. The molecule has 0 spiro atoms. The standard InChI is InChI=1S/C18H35N3O3/c1-3-19-17(20-10-5-11-24-16-6-12-23-14-16)21-15-18(7-8-18)9-13-22-4-2/h16H,3-15H2,1-2H3,(H2,19,20,21). The molecule has 1 aliphatic carbocycles. The maximum Gasteiger partial charge on any atom is 0.191 e. The van der Waals surface area contributed by atoms with E-state index in [1.807, 2.05) is 6.92 Å². The minimum absolute atomic E-state index is 0.298. The molecule has 2 aliphatic rings. The van der Waals surface area contributed by atoms with E-state index >= 15 is 0 Å². The molecule has 0 amide bonds. The summed E-state index contributed by atoms with van der Waals surface area (Å²) in [5.74, 6) is 0.921. The third kappa shape index (κ3) is 7.36. The molecule has 0 aromatic carbocycles. The van der Waals surface area contributed by atoms with Crippen LogP contribution in [0.3, 0.4) is 0 Å². The van der Waals surface area contributed by atoms with Crippen molar-refractivity contribution >= 4 is 5.96 Å². The van der Waals surface area contributed by atoms with Gasteiger partial charge in [-0.05, 0) is 51.4 Å². The molecule has 1 unspecified atom stereocenters. The Bertz CT molecular complexity index is 367. The molecule has 1 saturated heterocycles. The summed E-state index contributed by atoms with van der Waals surface area (Å²) in [5, 5.41) is 6.74. The molecule has 6 nitrogen and oxygen atoms in total. The van der Waals surface area contributed by atoms with Gasteiger partial charge < -0.3 is 24.8 Å². The highest BCUT2D eigenvalue weighted by Crippen LogP contribution is 2.48. The Labute approximate surface area is 146 Å². The van der Waals surface area contributed by atoms with E-state index in [4.69, 9.17) is 19.2 Å². The van der Waals surface area contributed by atoms with Crippen LogP contribution in [0.1, 0.15) is 46.0 Å². The molecule has 2 N–H and O–H groups in total. The maximum absolute atomic E-state index is 5.78. The highest BCUT2D eigenvalue weighted by atomic mass is 16.5. The fourth-order valence-corrected chi connectivity index (χ4v) is 2.86. The lowest BCUT2D eigenvalue weighted by molar-refractivity contribution is 0.0420. The molecular formula is C18H35N3O3. The van der Waals surface area contributed by atoms with Crippen LogP contribution in [-0.4, -0.2) is 64.7 Å². The van der Waals surface area contributed by atoms with Crippen LogP contribution in [-0.2, 0) is 14.2 Å². The Kier molecular flexibility index (Phi) is 8.84. The average Bonchev–Trinajstić information content (AvgIpc) is 3.15. The van der Waals surface area contributed by atoms with Gasteiger partial charge in [-0.15, -0.1) is 0 Å². The Morgan fingerprint density at radius 3 is 2.79 bits per heavy atom. The second kappa shape index (κ2) is 10.9. The van der Waals surface area contributed by atoms with E-state index in [0.29, 0.717) is 11.5 Å². The lowest BCUT2D eigenvalue weighted by Crippen LogP contribution is -2.38. The quantitative estimate of drug-likeness (QED) is 0.323. The molecule has 0 aromatic heterocycles. The molecule has 1 aliphatic heterocycles. The third-order valence-electron chi connectivity index (χ3n) is 4.71. The van der Waals surface area contributed by atoms with Crippen molar-refractivity contribution in [2.75, 3.05) is 52.7 Å². The summed E-state index contributed by atoms with van der Waals surface area (Å²) >= 11 is 0. The predicted molar refractivity (Wildman–Crippen MR) is 96.6 cm³/mol. The number of nitrogens with one attached hydrogen (secondary N) is 2. The molecule has 140 valence electrons. The first kappa shape index (κ1) is 19.5. The summed E-state index contributed by atoms with van der Waals surface area (Å²) < 4.78 is 16.6. The zero-order valence-electron chi connectivity index (χ0n) is 15.4. The Morgan fingerprint density at radius 1 is 1.25 bits per heavy atom. The SMILES string of the molecule is CCNC(=NCC1(CCOCC)CC1)NCCCOC1CCOC1. The van der Waals surface area contributed by atoms with E-state index in [-0.39, 0.29) is 0 Å². The minimum Gasteiger partial charge on any atom is -0.382 e. The number of aliphatic imine (C=N–C) groups is 1. The molecule has 0 radical (unpaired) electrons. The molecule has 1 heterocycles. The second-order valence-electron chi connectivity index (χ2n) is 6.78. The topological polar surface area (TPSA) is 64.1 Å². The van der Waals surface area contributed by atoms with Gasteiger partial charge in [0.25, 0.3) is 0 Å². The minimum atomic E-state index is 0.298. The van der Waals surface area contributed by atoms with Gasteiger partial charge in [-0.1, -0.05) is 0 Å². The number of hydrogen-bond donors (Lipinski definition) is 2. The van der Waals surface area contributed by atoms with E-state index in [1.165, 1.54) is 12.8 Å². The van der Waals surface area contributed by atoms with Gasteiger partial charge in [0.1, 0.15) is 0 Å². The van der Waals surface area contributed by atoms with Crippen molar-refractivity contribution in [2.24, 2.45) is 10.4 Å². The number of rotatable bonds is 12. The summed E-state index contributed by atoms with van der Waals surface area (Å²) in [6.45, 7) is 10.8. The summed E-state index contributed by atoms with van der Waals surface area (Å²) in [4.78, 5) is 4.78. The first-order chi connectivity index (χ1) is 11.8. The van der Waals surface area contributed by atoms with Crippen molar-refractivity contribution in [3.05, 3.63) is 0 Å². The number of hydrogen-bond acceptors (Lipinski definition) is 4. The zero-order valence-corrected chi connectivity index (χ0v) is 15.4. The highest BCUT2D eigenvalue weighted by Gasteiger charge is 2.41. The number of guanidine groups is 1. The van der Waals surface area contributed by atoms with Crippen LogP contribution in [0.15, 0.2) is 4.99 Å². The van der Waals surface area contributed by atoms with Crippen LogP contribution in [0, 0.1) is 5.41 Å². The van der Waals surface area contributed by atoms with Crippen molar-refractivity contribution in [2.45, 2.75) is 52.1 Å². The predicted octanol–water partition coefficient (Wildman–Crippen LogP) is 1.94. The fraction of sp³-hybridized carbons (Fsp3) is 0.944. The van der Waals surface area contributed by atoms with Crippen molar-refractivity contribution in [3.63, 3.8) is 0 Å². The van der Waals surface area contributed by atoms with Crippen molar-refractivity contribution in [3.8, 4) is 0 Å². The van der Waals surface area contributed by atoms with Crippen LogP contribution >= 0.6 is 0 Å². The zero-order chi connectivity index (χ0) is 17.1. The van der Waals surface area contributed by atoms with Gasteiger partial charge in [0.2, 0.25) is 0 Å². The van der Waals surface area contributed by atoms with Gasteiger partial charge in [-0.25, -0.2) is 0 Å². The van der Waals surface area contributed by atoms with Crippen molar-refractivity contribution < 1.29 is 14.2 Å². The molecular weight excluding hydrogens is 306 g/mol. The van der Waals surface area contributed by atoms with Gasteiger partial charge in [0.15, 0.2) is 5.96 Å². The lowest BCUT2D eigenvalue weighted by Gasteiger charge is -2.16. The Balaban J connectivity index is 1.61. The molecule has 0 aromatic rings. The van der Waals surface area contributed by atoms with Gasteiger partial charge in [0.05, 0.1) is 12.7 Å². The van der Waals surface area contributed by atoms with E-state index < -0.39 is 0 Å². The number of ether oxygens (including phenoxy) is 3. The Hall–Kier alpha value is -0.850. The summed E-state index contributed by atoms with van der Waals surface area (Å²) in [6, 6.07) is 0. The van der Waals surface area contributed by atoms with Crippen LogP contribution < -0.4 is 10.6 Å². The van der Waals surface area contributed by atoms with Crippen LogP contribution in [0.5, 0.6) is 0 Å². The first-order valence-electron chi connectivity index (χ1n) is 9.57. The average molecular weight is 341 g/mol. The fourth-order valence-electron chi connectivity index (χ4n) is 2.86. The summed E-state index contributed by atoms with van der Waals surface area (Å²) in [5.41, 5.74) is 0.392. The lowest BCUT2D eigenvalue weighted by atomic mass is 10.0. The van der Waals surface area contributed by atoms with Gasteiger partial charge >= 0.3 is 0 Å². The first-order valence-corrected chi connectivity index (χ1v) is 9.57. The summed E-state index contributed by atoms with van der Waals surface area (Å²) in [6.07, 6.45) is 5.99. The highest BCUT2D eigenvalue weighted by molar-refractivity contribution is 5.79. The van der Waals surface area contributed by atoms with Gasteiger partial charge in [-0.3, -0.25) is 4.99 Å². The van der Waals surface area contributed by atoms with Crippen molar-refractivity contribution in [1.82, 2.24) is 10.6 Å². The molecule has 0 bridgehead atoms. The van der Waals surface area contributed by atoms with Crippen molar-refractivity contribution in [1.29, 1.82) is 0 Å². The molecule has 1 atom stereocenters. The van der Waals surface area contributed by atoms with Crippen LogP contribution in [0.25, 0.3) is 0 Å². The van der Waals surface area contributed by atoms with E-state index in [9.17, 15) is 0 Å².